The van der Waals surface area contributed by atoms with E-state index in [9.17, 15) is 5.11 Å². The molecule has 190 valence electrons. The second-order valence-corrected chi connectivity index (χ2v) is 7.89. The van der Waals surface area contributed by atoms with Crippen molar-refractivity contribution >= 4 is 40.7 Å². The van der Waals surface area contributed by atoms with Gasteiger partial charge in [0.25, 0.3) is 0 Å². The van der Waals surface area contributed by atoms with Gasteiger partial charge in [0.05, 0.1) is 14.2 Å². The number of methoxy groups -OCH3 is 2. The molecule has 8 nitrogen and oxygen atoms in total. The Labute approximate surface area is 220 Å². The molecule has 1 aromatic heterocycles. The van der Waals surface area contributed by atoms with Crippen LogP contribution in [0.5, 0.6) is 17.2 Å². The molecule has 3 rings (SSSR count). The van der Waals surface area contributed by atoms with E-state index in [1.165, 1.54) is 0 Å². The molecule has 0 saturated carbocycles. The van der Waals surface area contributed by atoms with Crippen LogP contribution < -0.4 is 19.5 Å². The van der Waals surface area contributed by atoms with Crippen LogP contribution in [0.2, 0.25) is 0 Å². The second kappa shape index (κ2) is 15.8. The zero-order valence-electron chi connectivity index (χ0n) is 19.3. The van der Waals surface area contributed by atoms with Gasteiger partial charge in [0.1, 0.15) is 28.9 Å². The van der Waals surface area contributed by atoms with Crippen molar-refractivity contribution in [3.8, 4) is 28.6 Å². The Bertz CT molecular complexity index is 970. The Morgan fingerprint density at radius 2 is 1.74 bits per heavy atom. The van der Waals surface area contributed by atoms with Gasteiger partial charge >= 0.3 is 0 Å². The van der Waals surface area contributed by atoms with E-state index in [4.69, 9.17) is 14.2 Å². The summed E-state index contributed by atoms with van der Waals surface area (Å²) in [5.41, 5.74) is 3.09. The van der Waals surface area contributed by atoms with E-state index in [0.29, 0.717) is 23.8 Å². The molecule has 0 spiro atoms. The number of hydrogen-bond acceptors (Lipinski definition) is 6. The molecule has 2 aromatic carbocycles. The third-order valence-corrected chi connectivity index (χ3v) is 5.59. The summed E-state index contributed by atoms with van der Waals surface area (Å²) in [6, 6.07) is 13.5. The quantitative estimate of drug-likeness (QED) is 0.297. The van der Waals surface area contributed by atoms with E-state index >= 15 is 0 Å². The summed E-state index contributed by atoms with van der Waals surface area (Å²) in [5, 5.41) is 13.4. The number of hydrogen-bond donors (Lipinski definition) is 3. The largest absolute Gasteiger partial charge is 0.493 e. The van der Waals surface area contributed by atoms with Crippen LogP contribution >= 0.6 is 40.7 Å². The van der Waals surface area contributed by atoms with E-state index < -0.39 is 6.10 Å². The number of nitrogens with one attached hydrogen (secondary N) is 2. The molecule has 0 saturated heterocycles. The number of aromatic nitrogens is 2. The average molecular weight is 581 g/mol. The number of benzene rings is 2. The summed E-state index contributed by atoms with van der Waals surface area (Å²) >= 11 is 3.41. The van der Waals surface area contributed by atoms with Crippen molar-refractivity contribution in [3.05, 3.63) is 58.3 Å². The minimum atomic E-state index is -0.603. The first kappa shape index (κ1) is 32.0. The lowest BCUT2D eigenvalue weighted by atomic mass is 10.1. The van der Waals surface area contributed by atoms with Crippen LogP contribution in [0.3, 0.4) is 0 Å². The SMILES string of the molecule is COc1ccc(CCNCC(O)COc2ccc(-c3nc(Br)c(C)[nH]3)cc2)cc1OC.Cl.Cl.O. The molecule has 0 radical (unpaired) electrons. The Balaban J connectivity index is 0.00000363. The van der Waals surface area contributed by atoms with Gasteiger partial charge in [-0.25, -0.2) is 4.98 Å². The maximum atomic E-state index is 10.2. The molecule has 0 aliphatic heterocycles. The number of halogens is 3. The van der Waals surface area contributed by atoms with E-state index in [1.54, 1.807) is 14.2 Å². The van der Waals surface area contributed by atoms with Gasteiger partial charge in [-0.2, -0.15) is 0 Å². The van der Waals surface area contributed by atoms with E-state index in [2.05, 4.69) is 31.2 Å². The van der Waals surface area contributed by atoms with Gasteiger partial charge in [-0.05, 0) is 77.8 Å². The van der Waals surface area contributed by atoms with Crippen LogP contribution in [0.4, 0.5) is 0 Å². The molecule has 3 aromatic rings. The number of aliphatic hydroxyl groups is 1. The fraction of sp³-hybridized carbons (Fsp3) is 0.348. The van der Waals surface area contributed by atoms with Crippen LogP contribution in [-0.2, 0) is 6.42 Å². The molecule has 0 aliphatic carbocycles. The molecule has 0 amide bonds. The zero-order valence-corrected chi connectivity index (χ0v) is 22.5. The molecular formula is C23H32BrCl2N3O5. The van der Waals surface area contributed by atoms with Crippen LogP contribution in [0.1, 0.15) is 11.3 Å². The normalized spacial score (nSPS) is 10.9. The average Bonchev–Trinajstić information content (AvgIpc) is 3.13. The minimum Gasteiger partial charge on any atom is -0.493 e. The van der Waals surface area contributed by atoms with Gasteiger partial charge in [0.15, 0.2) is 11.5 Å². The predicted octanol–water partition coefficient (Wildman–Crippen LogP) is 3.76. The standard InChI is InChI=1S/C23H28BrN3O4.2ClH.H2O/c1-15-22(24)27-23(26-15)17-5-7-19(8-6-17)31-14-18(28)13-25-11-10-16-4-9-20(29-2)21(12-16)30-3;;;/h4-9,12,18,25,28H,10-11,13-14H2,1-3H3,(H,26,27);2*1H;1H2. The third kappa shape index (κ3) is 8.98. The predicted molar refractivity (Wildman–Crippen MR) is 142 cm³/mol. The Morgan fingerprint density at radius 1 is 1.06 bits per heavy atom. The van der Waals surface area contributed by atoms with Crippen molar-refractivity contribution in [2.45, 2.75) is 19.4 Å². The summed E-state index contributed by atoms with van der Waals surface area (Å²) < 4.78 is 17.1. The van der Waals surface area contributed by atoms with E-state index in [0.717, 1.165) is 40.2 Å². The summed E-state index contributed by atoms with van der Waals surface area (Å²) in [5.74, 6) is 2.94. The van der Waals surface area contributed by atoms with Crippen molar-refractivity contribution in [3.63, 3.8) is 0 Å². The fourth-order valence-corrected chi connectivity index (χ4v) is 3.35. The first-order chi connectivity index (χ1) is 15.0. The van der Waals surface area contributed by atoms with Crippen molar-refractivity contribution in [1.29, 1.82) is 0 Å². The summed E-state index contributed by atoms with van der Waals surface area (Å²) in [7, 11) is 3.25. The van der Waals surface area contributed by atoms with Gasteiger partial charge in [-0.15, -0.1) is 24.8 Å². The summed E-state index contributed by atoms with van der Waals surface area (Å²) in [4.78, 5) is 7.65. The highest BCUT2D eigenvalue weighted by Gasteiger charge is 2.09. The fourth-order valence-electron chi connectivity index (χ4n) is 3.07. The highest BCUT2D eigenvalue weighted by molar-refractivity contribution is 9.10. The number of aliphatic hydroxyl groups excluding tert-OH is 1. The molecule has 1 atom stereocenters. The second-order valence-electron chi connectivity index (χ2n) is 7.13. The molecule has 34 heavy (non-hydrogen) atoms. The van der Waals surface area contributed by atoms with Crippen molar-refractivity contribution in [2.24, 2.45) is 0 Å². The Hall–Kier alpha value is -2.01. The minimum absolute atomic E-state index is 0. The van der Waals surface area contributed by atoms with Crippen molar-refractivity contribution in [1.82, 2.24) is 15.3 Å². The first-order valence-corrected chi connectivity index (χ1v) is 10.8. The molecule has 1 heterocycles. The lowest BCUT2D eigenvalue weighted by Crippen LogP contribution is -2.32. The van der Waals surface area contributed by atoms with Crippen LogP contribution in [0.25, 0.3) is 11.4 Å². The molecule has 5 N–H and O–H groups in total. The number of rotatable bonds is 11. The molecule has 0 aliphatic rings. The molecule has 0 bridgehead atoms. The number of aryl methyl sites for hydroxylation is 1. The number of imidazole rings is 1. The third-order valence-electron chi connectivity index (χ3n) is 4.81. The number of nitrogens with zero attached hydrogens (tertiary/aromatic N) is 1. The number of H-pyrrole nitrogens is 1. The number of aromatic amines is 1. The van der Waals surface area contributed by atoms with Crippen LogP contribution in [0.15, 0.2) is 47.1 Å². The van der Waals surface area contributed by atoms with Gasteiger partial charge < -0.3 is 35.1 Å². The monoisotopic (exact) mass is 579 g/mol. The highest BCUT2D eigenvalue weighted by Crippen LogP contribution is 2.27. The van der Waals surface area contributed by atoms with Crippen molar-refractivity contribution in [2.75, 3.05) is 33.9 Å². The van der Waals surface area contributed by atoms with Gasteiger partial charge in [0.2, 0.25) is 0 Å². The maximum Gasteiger partial charge on any atom is 0.160 e. The lowest BCUT2D eigenvalue weighted by molar-refractivity contribution is 0.106. The van der Waals surface area contributed by atoms with Gasteiger partial charge in [0, 0.05) is 17.8 Å². The Morgan fingerprint density at radius 3 is 2.32 bits per heavy atom. The molecular weight excluding hydrogens is 549 g/mol. The van der Waals surface area contributed by atoms with Crippen LogP contribution in [0, 0.1) is 6.92 Å². The highest BCUT2D eigenvalue weighted by atomic mass is 79.9. The Kier molecular flexibility index (Phi) is 14.9. The first-order valence-electron chi connectivity index (χ1n) is 10.0. The molecule has 1 unspecified atom stereocenters. The van der Waals surface area contributed by atoms with Gasteiger partial charge in [-0.3, -0.25) is 0 Å². The molecule has 0 fully saturated rings. The maximum absolute atomic E-state index is 10.2. The van der Waals surface area contributed by atoms with Crippen molar-refractivity contribution < 1.29 is 24.8 Å². The van der Waals surface area contributed by atoms with Gasteiger partial charge in [-0.1, -0.05) is 6.07 Å². The summed E-state index contributed by atoms with van der Waals surface area (Å²) in [6.07, 6.45) is 0.214. The lowest BCUT2D eigenvalue weighted by Gasteiger charge is -2.14. The smallest absolute Gasteiger partial charge is 0.160 e. The van der Waals surface area contributed by atoms with E-state index in [1.807, 2.05) is 49.4 Å². The topological polar surface area (TPSA) is 120 Å². The summed E-state index contributed by atoms with van der Waals surface area (Å²) in [6.45, 7) is 3.36. The van der Waals surface area contributed by atoms with E-state index in [-0.39, 0.29) is 36.9 Å². The van der Waals surface area contributed by atoms with Crippen LogP contribution in [-0.4, -0.2) is 60.6 Å². The number of ether oxygens (including phenoxy) is 3. The zero-order chi connectivity index (χ0) is 22.2. The molecule has 11 heteroatoms.